The van der Waals surface area contributed by atoms with Crippen LogP contribution in [0, 0.1) is 0 Å². The van der Waals surface area contributed by atoms with Gasteiger partial charge in [0, 0.05) is 19.8 Å². The third-order valence-electron chi connectivity index (χ3n) is 4.72. The highest BCUT2D eigenvalue weighted by Crippen LogP contribution is 2.57. The molecule has 1 atom stereocenters. The van der Waals surface area contributed by atoms with Crippen molar-refractivity contribution >= 4 is 24.6 Å². The maximum absolute atomic E-state index is 2.36. The summed E-state index contributed by atoms with van der Waals surface area (Å²) in [6, 6.07) is 30.8. The van der Waals surface area contributed by atoms with E-state index in [1.807, 2.05) is 0 Å². The third kappa shape index (κ3) is 3.01. The summed E-state index contributed by atoms with van der Waals surface area (Å²) in [5.41, 5.74) is 4.60. The number of likely N-dealkylation sites (N-methyl/N-ethyl adjacent to an activating group) is 1. The van der Waals surface area contributed by atoms with Crippen molar-refractivity contribution in [1.82, 2.24) is 4.90 Å². The van der Waals surface area contributed by atoms with Gasteiger partial charge in [0.05, 0.1) is 5.66 Å². The third-order valence-corrected chi connectivity index (χ3v) is 7.49. The molecule has 3 aromatic rings. The standard InChI is InChI=1S/C23H22NP/c1-24(2)22-17-18-11-9-10-16-21(18)23(22)25(19-12-5-3-6-13-19)20-14-7-4-8-15-20/h3-17,23H,1-2H3. The first-order valence-electron chi connectivity index (χ1n) is 8.63. The number of allylic oxidation sites excluding steroid dienone is 1. The van der Waals surface area contributed by atoms with Gasteiger partial charge in [-0.3, -0.25) is 0 Å². The second-order valence-electron chi connectivity index (χ2n) is 6.54. The van der Waals surface area contributed by atoms with Gasteiger partial charge >= 0.3 is 0 Å². The molecule has 0 aromatic heterocycles. The second kappa shape index (κ2) is 6.86. The Morgan fingerprint density at radius 1 is 0.680 bits per heavy atom. The Kier molecular flexibility index (Phi) is 4.42. The van der Waals surface area contributed by atoms with Gasteiger partial charge < -0.3 is 4.90 Å². The molecule has 1 aliphatic rings. The minimum absolute atomic E-state index is 0.394. The minimum Gasteiger partial charge on any atom is -0.380 e. The summed E-state index contributed by atoms with van der Waals surface area (Å²) in [7, 11) is 3.80. The summed E-state index contributed by atoms with van der Waals surface area (Å²) >= 11 is 0. The number of hydrogen-bond acceptors (Lipinski definition) is 1. The van der Waals surface area contributed by atoms with Crippen LogP contribution in [0.5, 0.6) is 0 Å². The van der Waals surface area contributed by atoms with E-state index in [0.717, 1.165) is 0 Å². The van der Waals surface area contributed by atoms with E-state index in [4.69, 9.17) is 0 Å². The van der Waals surface area contributed by atoms with Crippen LogP contribution in [0.3, 0.4) is 0 Å². The van der Waals surface area contributed by atoms with E-state index >= 15 is 0 Å². The van der Waals surface area contributed by atoms with Crippen molar-refractivity contribution in [3.05, 3.63) is 102 Å². The molecule has 1 nitrogen and oxygen atoms in total. The van der Waals surface area contributed by atoms with Gasteiger partial charge in [0.25, 0.3) is 0 Å². The molecule has 0 fully saturated rings. The van der Waals surface area contributed by atoms with Crippen molar-refractivity contribution in [2.24, 2.45) is 0 Å². The molecule has 124 valence electrons. The topological polar surface area (TPSA) is 3.24 Å². The molecule has 2 heteroatoms. The lowest BCUT2D eigenvalue weighted by atomic mass is 10.1. The number of hydrogen-bond donors (Lipinski definition) is 0. The zero-order valence-electron chi connectivity index (χ0n) is 14.6. The highest BCUT2D eigenvalue weighted by Gasteiger charge is 2.34. The number of benzene rings is 3. The average Bonchev–Trinajstić information content (AvgIpc) is 3.04. The first-order valence-corrected chi connectivity index (χ1v) is 10.0. The van der Waals surface area contributed by atoms with Crippen molar-refractivity contribution < 1.29 is 0 Å². The predicted molar refractivity (Wildman–Crippen MR) is 110 cm³/mol. The Labute approximate surface area is 151 Å². The maximum atomic E-state index is 2.36. The lowest BCUT2D eigenvalue weighted by Crippen LogP contribution is -2.22. The molecule has 3 aromatic carbocycles. The summed E-state index contributed by atoms with van der Waals surface area (Å²) in [6.07, 6.45) is 2.36. The quantitative estimate of drug-likeness (QED) is 0.617. The Hall–Kier alpha value is -2.37. The van der Waals surface area contributed by atoms with Crippen LogP contribution in [0.25, 0.3) is 6.08 Å². The minimum atomic E-state index is -0.520. The van der Waals surface area contributed by atoms with Crippen LogP contribution in [-0.2, 0) is 0 Å². The summed E-state index contributed by atoms with van der Waals surface area (Å²) < 4.78 is 0. The van der Waals surface area contributed by atoms with Gasteiger partial charge in [0.2, 0.25) is 0 Å². The van der Waals surface area contributed by atoms with Gasteiger partial charge in [-0.1, -0.05) is 84.9 Å². The SMILES string of the molecule is CN(C)C1=Cc2ccccc2C1P(c1ccccc1)c1ccccc1. The number of nitrogens with zero attached hydrogens (tertiary/aromatic N) is 1. The molecular weight excluding hydrogens is 321 g/mol. The summed E-state index contributed by atoms with van der Waals surface area (Å²) in [4.78, 5) is 2.28. The highest BCUT2D eigenvalue weighted by molar-refractivity contribution is 7.73. The van der Waals surface area contributed by atoms with Gasteiger partial charge in [0.15, 0.2) is 0 Å². The zero-order valence-corrected chi connectivity index (χ0v) is 15.5. The van der Waals surface area contributed by atoms with Crippen molar-refractivity contribution in [2.75, 3.05) is 14.1 Å². The molecule has 0 spiro atoms. The average molecular weight is 343 g/mol. The summed E-state index contributed by atoms with van der Waals surface area (Å²) in [6.45, 7) is 0. The molecule has 1 unspecified atom stereocenters. The molecule has 0 saturated carbocycles. The van der Waals surface area contributed by atoms with Crippen molar-refractivity contribution in [3.8, 4) is 0 Å². The largest absolute Gasteiger partial charge is 0.380 e. The second-order valence-corrected chi connectivity index (χ2v) is 8.83. The molecule has 0 heterocycles. The van der Waals surface area contributed by atoms with Crippen LogP contribution in [0.4, 0.5) is 0 Å². The van der Waals surface area contributed by atoms with Crippen LogP contribution < -0.4 is 10.6 Å². The first kappa shape index (κ1) is 16.1. The Morgan fingerprint density at radius 2 is 1.20 bits per heavy atom. The van der Waals surface area contributed by atoms with E-state index in [0.29, 0.717) is 5.66 Å². The van der Waals surface area contributed by atoms with E-state index in [-0.39, 0.29) is 0 Å². The molecule has 0 N–H and O–H groups in total. The van der Waals surface area contributed by atoms with Crippen molar-refractivity contribution in [3.63, 3.8) is 0 Å². The fourth-order valence-electron chi connectivity index (χ4n) is 3.56. The van der Waals surface area contributed by atoms with E-state index in [1.54, 1.807) is 0 Å². The van der Waals surface area contributed by atoms with Crippen LogP contribution in [-0.4, -0.2) is 19.0 Å². The summed E-state index contributed by atoms with van der Waals surface area (Å²) in [5.74, 6) is 0. The first-order chi connectivity index (χ1) is 12.3. The lowest BCUT2D eigenvalue weighted by molar-refractivity contribution is 0.503. The van der Waals surface area contributed by atoms with Crippen LogP contribution in [0.1, 0.15) is 16.8 Å². The Bertz CT molecular complexity index is 845. The fourth-order valence-corrected chi connectivity index (χ4v) is 6.52. The summed E-state index contributed by atoms with van der Waals surface area (Å²) in [5, 5.41) is 2.86. The predicted octanol–water partition coefficient (Wildman–Crippen LogP) is 4.78. The molecule has 0 radical (unpaired) electrons. The number of rotatable bonds is 4. The van der Waals surface area contributed by atoms with Crippen LogP contribution in [0.15, 0.2) is 90.6 Å². The fraction of sp³-hybridized carbons (Fsp3) is 0.130. The Balaban J connectivity index is 1.91. The molecule has 0 amide bonds. The normalized spacial score (nSPS) is 15.8. The van der Waals surface area contributed by atoms with Crippen LogP contribution in [0.2, 0.25) is 0 Å². The van der Waals surface area contributed by atoms with Gasteiger partial charge in [-0.15, -0.1) is 0 Å². The molecule has 25 heavy (non-hydrogen) atoms. The van der Waals surface area contributed by atoms with Gasteiger partial charge in [-0.05, 0) is 35.7 Å². The monoisotopic (exact) mass is 343 g/mol. The van der Waals surface area contributed by atoms with Gasteiger partial charge in [-0.25, -0.2) is 0 Å². The van der Waals surface area contributed by atoms with Crippen LogP contribution >= 0.6 is 7.92 Å². The smallest absolute Gasteiger partial charge is 0.0527 e. The molecule has 0 bridgehead atoms. The molecule has 4 rings (SSSR count). The molecular formula is C23H22NP. The van der Waals surface area contributed by atoms with E-state index < -0.39 is 7.92 Å². The van der Waals surface area contributed by atoms with Gasteiger partial charge in [0.1, 0.15) is 0 Å². The maximum Gasteiger partial charge on any atom is 0.0527 e. The zero-order chi connectivity index (χ0) is 17.2. The molecule has 0 aliphatic heterocycles. The molecule has 1 aliphatic carbocycles. The molecule has 0 saturated heterocycles. The van der Waals surface area contributed by atoms with Crippen molar-refractivity contribution in [1.29, 1.82) is 0 Å². The van der Waals surface area contributed by atoms with E-state index in [2.05, 4.69) is 110 Å². The number of fused-ring (bicyclic) bond motifs is 1. The van der Waals surface area contributed by atoms with E-state index in [9.17, 15) is 0 Å². The Morgan fingerprint density at radius 3 is 1.76 bits per heavy atom. The van der Waals surface area contributed by atoms with Crippen molar-refractivity contribution in [2.45, 2.75) is 5.66 Å². The van der Waals surface area contributed by atoms with E-state index in [1.165, 1.54) is 27.4 Å². The lowest BCUT2D eigenvalue weighted by Gasteiger charge is -2.31. The van der Waals surface area contributed by atoms with Gasteiger partial charge in [-0.2, -0.15) is 0 Å². The highest BCUT2D eigenvalue weighted by atomic mass is 31.1.